The lowest BCUT2D eigenvalue weighted by Crippen LogP contribution is -2.47. The number of anilines is 1. The van der Waals surface area contributed by atoms with E-state index < -0.39 is 66.6 Å². The third-order valence-electron chi connectivity index (χ3n) is 9.01. The normalized spacial score (nSPS) is 13.0. The van der Waals surface area contributed by atoms with Crippen molar-refractivity contribution >= 4 is 53.6 Å². The number of carbonyl (C=O) groups is 6. The van der Waals surface area contributed by atoms with Crippen LogP contribution < -0.4 is 26.0 Å². The molecular formula is C44H54N6O12. The molecule has 1 aliphatic carbocycles. The molecule has 1 fully saturated rings. The van der Waals surface area contributed by atoms with E-state index in [-0.39, 0.29) is 29.3 Å². The lowest BCUT2D eigenvalue weighted by atomic mass is 9.94. The highest BCUT2D eigenvalue weighted by molar-refractivity contribution is 6.04. The number of pyridine rings is 1. The summed E-state index contributed by atoms with van der Waals surface area (Å²) < 4.78 is 31.3. The number of amidine groups is 1. The second kappa shape index (κ2) is 21.5. The number of aromatic nitrogens is 1. The zero-order valence-corrected chi connectivity index (χ0v) is 36.1. The van der Waals surface area contributed by atoms with Crippen LogP contribution in [0.25, 0.3) is 17.2 Å². The topological polar surface area (TPSA) is 243 Å². The van der Waals surface area contributed by atoms with Crippen molar-refractivity contribution < 1.29 is 57.2 Å². The van der Waals surface area contributed by atoms with E-state index in [9.17, 15) is 28.8 Å². The van der Waals surface area contributed by atoms with E-state index in [0.29, 0.717) is 46.2 Å². The first-order valence-corrected chi connectivity index (χ1v) is 19.8. The zero-order chi connectivity index (χ0) is 45.7. The van der Waals surface area contributed by atoms with Crippen LogP contribution in [0.2, 0.25) is 0 Å². The van der Waals surface area contributed by atoms with E-state index >= 15 is 0 Å². The van der Waals surface area contributed by atoms with Crippen LogP contribution in [-0.2, 0) is 39.8 Å². The van der Waals surface area contributed by atoms with Gasteiger partial charge in [-0.2, -0.15) is 0 Å². The molecule has 18 heteroatoms. The van der Waals surface area contributed by atoms with Crippen LogP contribution >= 0.6 is 0 Å². The number of nitrogens with one attached hydrogen (secondary N) is 5. The second-order valence-corrected chi connectivity index (χ2v) is 15.6. The zero-order valence-electron chi connectivity index (χ0n) is 36.1. The summed E-state index contributed by atoms with van der Waals surface area (Å²) in [6, 6.07) is 12.0. The summed E-state index contributed by atoms with van der Waals surface area (Å²) in [5.41, 5.74) is 1.90. The lowest BCUT2D eigenvalue weighted by molar-refractivity contribution is -0.162. The molecule has 0 aliphatic heterocycles. The number of benzene rings is 2. The fourth-order valence-corrected chi connectivity index (χ4v) is 5.78. The maximum atomic E-state index is 13.9. The lowest BCUT2D eigenvalue weighted by Gasteiger charge is -2.24. The van der Waals surface area contributed by atoms with E-state index in [1.165, 1.54) is 27.0 Å². The van der Waals surface area contributed by atoms with Crippen molar-refractivity contribution in [2.75, 3.05) is 25.8 Å². The van der Waals surface area contributed by atoms with Crippen LogP contribution in [0.1, 0.15) is 99.0 Å². The van der Waals surface area contributed by atoms with Gasteiger partial charge in [-0.3, -0.25) is 20.3 Å². The standard InChI is InChI=1S/C44H54N6O12/c1-10-28-19-30(22-46-31-15-13-29(14-16-31)38(45)50-42(55)61-26(5)60-25(4)51)33(20-35(28)57-9)32-17-18-34(39(52)47-21-27-11-12-27)48-37(32)41(54)59-23-58-40(53)36(24(2)3)49-43(56)62-44(6,7)8/h10,13-20,24,26-27,36,46H,1,11-12,21-23H2,2-9H3,(H,47,52)(H,49,56)(H2,45,50,55)/t26?,36-/m0/s1. The molecule has 4 rings (SSSR count). The van der Waals surface area contributed by atoms with Crippen molar-refractivity contribution in [3.63, 3.8) is 0 Å². The number of methoxy groups -OCH3 is 1. The average molecular weight is 859 g/mol. The number of hydrogen-bond donors (Lipinski definition) is 5. The van der Waals surface area contributed by atoms with Gasteiger partial charge in [-0.05, 0) is 105 Å². The summed E-state index contributed by atoms with van der Waals surface area (Å²) in [6.45, 7) is 14.7. The number of alkyl carbamates (subject to hydrolysis) is 2. The summed E-state index contributed by atoms with van der Waals surface area (Å²) >= 11 is 0. The molecule has 1 heterocycles. The van der Waals surface area contributed by atoms with Gasteiger partial charge in [0.25, 0.3) is 5.91 Å². The smallest absolute Gasteiger partial charge is 0.415 e. The maximum absolute atomic E-state index is 13.9. The van der Waals surface area contributed by atoms with Crippen LogP contribution in [0.3, 0.4) is 0 Å². The minimum atomic E-state index is -1.15. The Kier molecular flexibility index (Phi) is 16.5. The van der Waals surface area contributed by atoms with Gasteiger partial charge in [0.1, 0.15) is 28.9 Å². The molecule has 0 radical (unpaired) electrons. The molecular weight excluding hydrogens is 805 g/mol. The van der Waals surface area contributed by atoms with Gasteiger partial charge >= 0.3 is 30.1 Å². The van der Waals surface area contributed by atoms with E-state index in [1.54, 1.807) is 83.2 Å². The average Bonchev–Trinajstić information content (AvgIpc) is 4.04. The molecule has 0 saturated heterocycles. The van der Waals surface area contributed by atoms with Gasteiger partial charge in [-0.1, -0.05) is 26.5 Å². The molecule has 1 aromatic heterocycles. The van der Waals surface area contributed by atoms with E-state index in [4.69, 9.17) is 33.8 Å². The van der Waals surface area contributed by atoms with Crippen molar-refractivity contribution in [2.24, 2.45) is 11.8 Å². The summed E-state index contributed by atoms with van der Waals surface area (Å²) in [5, 5.41) is 19.2. The molecule has 2 atom stereocenters. The van der Waals surface area contributed by atoms with Crippen LogP contribution in [0.5, 0.6) is 5.75 Å². The number of rotatable bonds is 18. The minimum absolute atomic E-state index is 0.0403. The van der Waals surface area contributed by atoms with Gasteiger partial charge in [0.2, 0.25) is 13.1 Å². The number of carbonyl (C=O) groups excluding carboxylic acids is 6. The third kappa shape index (κ3) is 14.3. The summed E-state index contributed by atoms with van der Waals surface area (Å²) in [6.07, 6.45) is 0.677. The Morgan fingerprint density at radius 1 is 0.935 bits per heavy atom. The van der Waals surface area contributed by atoms with Crippen LogP contribution in [0.4, 0.5) is 15.3 Å². The molecule has 1 saturated carbocycles. The summed E-state index contributed by atoms with van der Waals surface area (Å²) in [5.74, 6) is -2.85. The Balaban J connectivity index is 1.59. The number of hydrogen-bond acceptors (Lipinski definition) is 15. The van der Waals surface area contributed by atoms with Crippen molar-refractivity contribution in [3.05, 3.63) is 83.2 Å². The molecule has 0 spiro atoms. The van der Waals surface area contributed by atoms with Crippen molar-refractivity contribution in [1.29, 1.82) is 5.41 Å². The van der Waals surface area contributed by atoms with E-state index in [1.807, 2.05) is 0 Å². The Bertz CT molecular complexity index is 2160. The van der Waals surface area contributed by atoms with E-state index in [2.05, 4.69) is 32.8 Å². The van der Waals surface area contributed by atoms with Gasteiger partial charge in [0.05, 0.1) is 7.11 Å². The van der Waals surface area contributed by atoms with E-state index in [0.717, 1.165) is 12.8 Å². The first-order valence-electron chi connectivity index (χ1n) is 19.8. The monoisotopic (exact) mass is 858 g/mol. The van der Waals surface area contributed by atoms with Crippen molar-refractivity contribution in [3.8, 4) is 16.9 Å². The molecule has 2 aromatic carbocycles. The predicted molar refractivity (Wildman–Crippen MR) is 227 cm³/mol. The van der Waals surface area contributed by atoms with Crippen molar-refractivity contribution in [1.82, 2.24) is 20.9 Å². The highest BCUT2D eigenvalue weighted by atomic mass is 16.7. The number of amides is 3. The summed E-state index contributed by atoms with van der Waals surface area (Å²) in [4.78, 5) is 80.3. The minimum Gasteiger partial charge on any atom is -0.496 e. The molecule has 1 unspecified atom stereocenters. The largest absolute Gasteiger partial charge is 0.496 e. The quantitative estimate of drug-likeness (QED) is 0.0309. The SMILES string of the molecule is C=Cc1cc(CNc2ccc(C(=N)NC(=O)OC(C)OC(C)=O)cc2)c(-c2ccc(C(=O)NCC3CC3)nc2C(=O)OCOC(=O)[C@@H](NC(=O)OC(C)(C)C)C(C)C)cc1OC. The van der Waals surface area contributed by atoms with Crippen LogP contribution in [0, 0.1) is 17.2 Å². The molecule has 3 amide bonds. The Morgan fingerprint density at radius 2 is 1.63 bits per heavy atom. The number of nitrogens with zero attached hydrogens (tertiary/aromatic N) is 1. The maximum Gasteiger partial charge on any atom is 0.415 e. The second-order valence-electron chi connectivity index (χ2n) is 15.6. The predicted octanol–water partition coefficient (Wildman–Crippen LogP) is 6.32. The van der Waals surface area contributed by atoms with Gasteiger partial charge in [-0.25, -0.2) is 24.2 Å². The highest BCUT2D eigenvalue weighted by Gasteiger charge is 2.30. The summed E-state index contributed by atoms with van der Waals surface area (Å²) in [7, 11) is 1.48. The van der Waals surface area contributed by atoms with Gasteiger partial charge in [0, 0.05) is 49.3 Å². The van der Waals surface area contributed by atoms with Crippen molar-refractivity contribution in [2.45, 2.75) is 85.8 Å². The van der Waals surface area contributed by atoms with Gasteiger partial charge < -0.3 is 44.4 Å². The molecule has 18 nitrogen and oxygen atoms in total. The van der Waals surface area contributed by atoms with Crippen LogP contribution in [-0.4, -0.2) is 85.2 Å². The highest BCUT2D eigenvalue weighted by Crippen LogP contribution is 2.35. The number of ether oxygens (including phenoxy) is 6. The first-order chi connectivity index (χ1) is 29.3. The fraction of sp³-hybridized carbons (Fsp3) is 0.409. The molecule has 62 heavy (non-hydrogen) atoms. The molecule has 3 aromatic rings. The Morgan fingerprint density at radius 3 is 2.23 bits per heavy atom. The van der Waals surface area contributed by atoms with Crippen LogP contribution in [0.15, 0.2) is 55.1 Å². The fourth-order valence-electron chi connectivity index (χ4n) is 5.78. The van der Waals surface area contributed by atoms with Gasteiger partial charge in [-0.15, -0.1) is 0 Å². The number of esters is 3. The first kappa shape index (κ1) is 47.7. The third-order valence-corrected chi connectivity index (χ3v) is 9.01. The molecule has 5 N–H and O–H groups in total. The Labute approximate surface area is 359 Å². The Hall–Kier alpha value is -6.98. The molecule has 1 aliphatic rings. The molecule has 332 valence electrons. The molecule has 0 bridgehead atoms. The van der Waals surface area contributed by atoms with Gasteiger partial charge in [0.15, 0.2) is 5.69 Å².